The molecule has 0 fully saturated rings. The summed E-state index contributed by atoms with van der Waals surface area (Å²) < 4.78 is 5.37. The second kappa shape index (κ2) is 19.5. The number of aromatic nitrogens is 6. The summed E-state index contributed by atoms with van der Waals surface area (Å²) in [4.78, 5) is 26.5. The van der Waals surface area contributed by atoms with Gasteiger partial charge in [-0.05, 0) is 77.8 Å². The van der Waals surface area contributed by atoms with Crippen LogP contribution in [0.15, 0.2) is 60.7 Å². The van der Waals surface area contributed by atoms with Gasteiger partial charge in [-0.2, -0.15) is 0 Å². The molecule has 1 unspecified atom stereocenters. The van der Waals surface area contributed by atoms with Crippen LogP contribution in [-0.2, 0) is 26.8 Å². The number of aliphatic carboxylic acids is 1. The maximum atomic E-state index is 12.0. The number of aromatic hydroxyl groups is 2. The lowest BCUT2D eigenvalue weighted by atomic mass is 9.83. The van der Waals surface area contributed by atoms with Gasteiger partial charge in [0, 0.05) is 33.7 Å². The Bertz CT molecular complexity index is 2460. The monoisotopic (exact) mass is 858 g/mol. The number of benzene rings is 4. The maximum Gasteiger partial charge on any atom is 0.310 e. The predicted molar refractivity (Wildman–Crippen MR) is 237 cm³/mol. The van der Waals surface area contributed by atoms with Crippen molar-refractivity contribution in [2.75, 3.05) is 0 Å². The van der Waals surface area contributed by atoms with E-state index in [9.17, 15) is 24.9 Å². The SMILES string of the molecule is CCC(=O)Oc1cc(-n2nc3ccc(Cl)cc3n2)c(O)c(C(C)(C)C)c1.CCCCCCCCC(Cc1cc(-n2nc3ccc(Cl)cc3n2)c(O)c(C(C)(C)C)c1)C(=O)O. The number of phenols is 2. The number of carboxylic acids is 1. The fourth-order valence-corrected chi connectivity index (χ4v) is 7.19. The van der Waals surface area contributed by atoms with Crippen molar-refractivity contribution < 1.29 is 29.6 Å². The highest BCUT2D eigenvalue weighted by Crippen LogP contribution is 2.39. The molecule has 0 saturated heterocycles. The fourth-order valence-electron chi connectivity index (χ4n) is 6.86. The van der Waals surface area contributed by atoms with Crippen molar-refractivity contribution in [2.24, 2.45) is 5.92 Å². The predicted octanol–water partition coefficient (Wildman–Crippen LogP) is 11.5. The lowest BCUT2D eigenvalue weighted by Crippen LogP contribution is -2.18. The van der Waals surface area contributed by atoms with Crippen LogP contribution in [-0.4, -0.2) is 57.2 Å². The molecule has 0 spiro atoms. The number of fused-ring (bicyclic) bond motifs is 2. The summed E-state index contributed by atoms with van der Waals surface area (Å²) in [6.45, 7) is 15.9. The molecule has 320 valence electrons. The Labute approximate surface area is 361 Å². The molecule has 1 atom stereocenters. The van der Waals surface area contributed by atoms with Crippen molar-refractivity contribution >= 4 is 57.2 Å². The fraction of sp³-hybridized carbons (Fsp3) is 0.435. The van der Waals surface area contributed by atoms with Gasteiger partial charge >= 0.3 is 11.9 Å². The molecule has 2 aromatic heterocycles. The molecule has 0 amide bonds. The zero-order valence-electron chi connectivity index (χ0n) is 35.7. The van der Waals surface area contributed by atoms with Gasteiger partial charge in [-0.1, -0.05) is 123 Å². The Morgan fingerprint density at radius 1 is 0.667 bits per heavy atom. The van der Waals surface area contributed by atoms with Crippen LogP contribution in [0.4, 0.5) is 0 Å². The van der Waals surface area contributed by atoms with E-state index >= 15 is 0 Å². The Kier molecular flexibility index (Phi) is 14.9. The van der Waals surface area contributed by atoms with Crippen LogP contribution in [0.3, 0.4) is 0 Å². The molecule has 60 heavy (non-hydrogen) atoms. The van der Waals surface area contributed by atoms with E-state index in [0.717, 1.165) is 30.4 Å². The third-order valence-corrected chi connectivity index (χ3v) is 10.7. The summed E-state index contributed by atoms with van der Waals surface area (Å²) in [6, 6.07) is 17.4. The zero-order valence-corrected chi connectivity index (χ0v) is 37.2. The number of carbonyl (C=O) groups is 2. The summed E-state index contributed by atoms with van der Waals surface area (Å²) in [5, 5.41) is 50.7. The van der Waals surface area contributed by atoms with Gasteiger partial charge in [0.1, 0.15) is 50.7 Å². The van der Waals surface area contributed by atoms with E-state index in [0.29, 0.717) is 67.6 Å². The topological polar surface area (TPSA) is 165 Å². The van der Waals surface area contributed by atoms with E-state index in [-0.39, 0.29) is 34.7 Å². The third-order valence-electron chi connectivity index (χ3n) is 10.2. The minimum Gasteiger partial charge on any atom is -0.505 e. The average molecular weight is 860 g/mol. The maximum absolute atomic E-state index is 12.0. The van der Waals surface area contributed by atoms with E-state index in [4.69, 9.17) is 27.9 Å². The van der Waals surface area contributed by atoms with Crippen LogP contribution in [0.5, 0.6) is 17.2 Å². The first kappa shape index (κ1) is 45.9. The molecule has 0 radical (unpaired) electrons. The van der Waals surface area contributed by atoms with Gasteiger partial charge in [0.05, 0.1) is 5.92 Å². The molecule has 0 bridgehead atoms. The molecule has 6 aromatic rings. The normalized spacial score (nSPS) is 12.4. The van der Waals surface area contributed by atoms with Crippen molar-refractivity contribution in [1.29, 1.82) is 0 Å². The van der Waals surface area contributed by atoms with Crippen LogP contribution in [0.1, 0.15) is 123 Å². The molecular formula is C46H56Cl2N6O6. The van der Waals surface area contributed by atoms with Crippen LogP contribution in [0.2, 0.25) is 10.0 Å². The lowest BCUT2D eigenvalue weighted by molar-refractivity contribution is -0.142. The van der Waals surface area contributed by atoms with Gasteiger partial charge in [-0.3, -0.25) is 9.59 Å². The second-order valence-electron chi connectivity index (χ2n) is 17.2. The molecule has 3 N–H and O–H groups in total. The first-order valence-electron chi connectivity index (χ1n) is 20.5. The molecule has 4 aromatic carbocycles. The Morgan fingerprint density at radius 2 is 1.15 bits per heavy atom. The van der Waals surface area contributed by atoms with Crippen LogP contribution in [0, 0.1) is 5.92 Å². The molecule has 0 aliphatic rings. The first-order valence-corrected chi connectivity index (χ1v) is 21.3. The first-order chi connectivity index (χ1) is 28.3. The Morgan fingerprint density at radius 3 is 1.65 bits per heavy atom. The highest BCUT2D eigenvalue weighted by atomic mass is 35.5. The number of phenolic OH excluding ortho intramolecular Hbond substituents is 2. The van der Waals surface area contributed by atoms with Gasteiger partial charge in [-0.15, -0.1) is 30.0 Å². The molecule has 0 aliphatic carbocycles. The van der Waals surface area contributed by atoms with Crippen molar-refractivity contribution in [2.45, 2.75) is 124 Å². The van der Waals surface area contributed by atoms with Gasteiger partial charge < -0.3 is 20.1 Å². The van der Waals surface area contributed by atoms with Crippen molar-refractivity contribution in [1.82, 2.24) is 30.0 Å². The number of rotatable bonds is 14. The number of carboxylic acid groups (broad SMARTS) is 1. The molecule has 6 rings (SSSR count). The molecule has 0 saturated carbocycles. The highest BCUT2D eigenvalue weighted by Gasteiger charge is 2.27. The molecule has 14 heteroatoms. The van der Waals surface area contributed by atoms with Gasteiger partial charge in [0.2, 0.25) is 0 Å². The zero-order chi connectivity index (χ0) is 43.9. The van der Waals surface area contributed by atoms with Crippen molar-refractivity contribution in [3.05, 3.63) is 87.4 Å². The number of nitrogens with zero attached hydrogens (tertiary/aromatic N) is 6. The highest BCUT2D eigenvalue weighted by molar-refractivity contribution is 6.31. The number of ether oxygens (including phenoxy) is 1. The minimum absolute atomic E-state index is 0.0419. The third kappa shape index (κ3) is 11.5. The van der Waals surface area contributed by atoms with Crippen LogP contribution < -0.4 is 4.74 Å². The number of carbonyl (C=O) groups excluding carboxylic acids is 1. The van der Waals surface area contributed by atoms with Gasteiger partial charge in [-0.25, -0.2) is 0 Å². The number of hydrogen-bond acceptors (Lipinski definition) is 9. The summed E-state index contributed by atoms with van der Waals surface area (Å²) in [5.41, 5.74) is 4.83. The number of unbranched alkanes of at least 4 members (excludes halogenated alkanes) is 5. The van der Waals surface area contributed by atoms with E-state index in [1.54, 1.807) is 55.5 Å². The molecular weight excluding hydrogens is 803 g/mol. The van der Waals surface area contributed by atoms with Gasteiger partial charge in [0.25, 0.3) is 0 Å². The molecule has 0 aliphatic heterocycles. The summed E-state index contributed by atoms with van der Waals surface area (Å²) in [5.74, 6) is -1.12. The lowest BCUT2D eigenvalue weighted by Gasteiger charge is -2.24. The number of hydrogen-bond donors (Lipinski definition) is 3. The number of halogens is 2. The van der Waals surface area contributed by atoms with E-state index < -0.39 is 11.9 Å². The number of esters is 1. The quantitative estimate of drug-likeness (QED) is 0.0545. The molecule has 2 heterocycles. The average Bonchev–Trinajstić information content (AvgIpc) is 3.79. The molecule has 12 nitrogen and oxygen atoms in total. The summed E-state index contributed by atoms with van der Waals surface area (Å²) >= 11 is 12.1. The van der Waals surface area contributed by atoms with Crippen LogP contribution in [0.25, 0.3) is 33.4 Å². The van der Waals surface area contributed by atoms with Crippen molar-refractivity contribution in [3.63, 3.8) is 0 Å². The second-order valence-corrected chi connectivity index (χ2v) is 18.1. The summed E-state index contributed by atoms with van der Waals surface area (Å²) in [7, 11) is 0. The smallest absolute Gasteiger partial charge is 0.310 e. The Balaban J connectivity index is 0.000000236. The van der Waals surface area contributed by atoms with Crippen molar-refractivity contribution in [3.8, 4) is 28.6 Å². The standard InChI is InChI=1S/C27H36ClN3O3.C19H20ClN3O3/c1-5-6-7-8-9-10-11-19(26(33)34)14-18-15-21(27(2,3)4)25(32)24(16-18)31-29-22-13-12-20(28)17-23(22)30-31;1-5-17(24)26-12-9-13(19(2,3)4)18(25)16(10-12)23-21-14-7-6-11(20)8-15(14)22-23/h12-13,15-17,19,32H,5-11,14H2,1-4H3,(H,33,34);6-10,25H,5H2,1-4H3. The van der Waals surface area contributed by atoms with E-state index in [1.165, 1.54) is 28.9 Å². The minimum atomic E-state index is -0.780. The van der Waals surface area contributed by atoms with E-state index in [2.05, 4.69) is 27.3 Å². The van der Waals surface area contributed by atoms with Crippen LogP contribution >= 0.6 is 23.2 Å². The largest absolute Gasteiger partial charge is 0.505 e. The van der Waals surface area contributed by atoms with E-state index in [1.807, 2.05) is 53.7 Å². The summed E-state index contributed by atoms with van der Waals surface area (Å²) in [6.07, 6.45) is 8.05. The van der Waals surface area contributed by atoms with Gasteiger partial charge in [0.15, 0.2) is 0 Å². The Hall–Kier alpha value is -5.20.